The van der Waals surface area contributed by atoms with Crippen LogP contribution in [0.2, 0.25) is 0 Å². The summed E-state index contributed by atoms with van der Waals surface area (Å²) in [5.41, 5.74) is 2.39. The highest BCUT2D eigenvalue weighted by Gasteiger charge is 2.60. The first kappa shape index (κ1) is 24.4. The van der Waals surface area contributed by atoms with Gasteiger partial charge in [-0.1, -0.05) is 17.7 Å². The third-order valence-electron chi connectivity index (χ3n) is 7.23. The number of ether oxygens (including phenoxy) is 2. The van der Waals surface area contributed by atoms with Crippen molar-refractivity contribution in [2.45, 2.75) is 20.3 Å². The summed E-state index contributed by atoms with van der Waals surface area (Å²) in [5, 5.41) is 2.58. The lowest BCUT2D eigenvalue weighted by atomic mass is 9.82. The molecule has 2 aromatic rings. The Labute approximate surface area is 213 Å². The van der Waals surface area contributed by atoms with Crippen LogP contribution in [-0.2, 0) is 23.9 Å². The normalized spacial score (nSPS) is 23.5. The first-order valence-corrected chi connectivity index (χ1v) is 12.2. The molecule has 1 heterocycles. The number of allylic oxidation sites excluding steroid dienone is 2. The van der Waals surface area contributed by atoms with Crippen molar-refractivity contribution in [1.29, 1.82) is 0 Å². The minimum atomic E-state index is -0.758. The van der Waals surface area contributed by atoms with E-state index in [1.165, 1.54) is 46.9 Å². The van der Waals surface area contributed by atoms with Gasteiger partial charge in [-0.15, -0.1) is 0 Å². The topological polar surface area (TPSA) is 119 Å². The Bertz CT molecular complexity index is 1330. The maximum atomic E-state index is 13.2. The van der Waals surface area contributed by atoms with Gasteiger partial charge >= 0.3 is 11.9 Å². The van der Waals surface area contributed by atoms with Crippen LogP contribution in [0.1, 0.15) is 41.0 Å². The van der Waals surface area contributed by atoms with Crippen molar-refractivity contribution in [2.24, 2.45) is 23.7 Å². The van der Waals surface area contributed by atoms with Crippen LogP contribution in [-0.4, -0.2) is 42.9 Å². The molecule has 190 valence electrons. The van der Waals surface area contributed by atoms with Crippen LogP contribution in [0.5, 0.6) is 0 Å². The number of nitrogens with zero attached hydrogens (tertiary/aromatic N) is 1. The lowest BCUT2D eigenvalue weighted by molar-refractivity contribution is -0.123. The summed E-state index contributed by atoms with van der Waals surface area (Å²) in [5.74, 6) is -2.74. The fourth-order valence-corrected chi connectivity index (χ4v) is 5.62. The summed E-state index contributed by atoms with van der Waals surface area (Å²) in [6.45, 7) is 3.44. The highest BCUT2D eigenvalue weighted by Crippen LogP contribution is 2.55. The zero-order valence-corrected chi connectivity index (χ0v) is 20.4. The Balaban J connectivity index is 1.20. The Morgan fingerprint density at radius 1 is 0.946 bits per heavy atom. The monoisotopic (exact) mass is 502 g/mol. The van der Waals surface area contributed by atoms with E-state index in [4.69, 9.17) is 9.47 Å². The van der Waals surface area contributed by atoms with Crippen LogP contribution in [0, 0.1) is 23.7 Å². The number of imide groups is 1. The molecule has 0 spiro atoms. The highest BCUT2D eigenvalue weighted by molar-refractivity contribution is 6.23. The summed E-state index contributed by atoms with van der Waals surface area (Å²) in [4.78, 5) is 64.1. The number of hydrogen-bond donors (Lipinski definition) is 1. The summed E-state index contributed by atoms with van der Waals surface area (Å²) < 4.78 is 10.1. The SMILES string of the molecule is CCOC(=O)c1ccc(NC(=O)COC(=O)c2cccc(N3C(=O)[C@@H]4[C@@H](C3=O)[C@H]3C=C(C)[C@H]4C3)c2)cc1. The number of esters is 2. The molecular weight excluding hydrogens is 476 g/mol. The fraction of sp³-hybridized carbons (Fsp3) is 0.321. The molecule has 3 aliphatic rings. The van der Waals surface area contributed by atoms with Crippen LogP contribution >= 0.6 is 0 Å². The van der Waals surface area contributed by atoms with Crippen molar-refractivity contribution in [3.8, 4) is 0 Å². The largest absolute Gasteiger partial charge is 0.462 e. The lowest BCUT2D eigenvalue weighted by Crippen LogP contribution is -2.33. The third kappa shape index (κ3) is 4.41. The van der Waals surface area contributed by atoms with Gasteiger partial charge in [0.1, 0.15) is 0 Å². The molecule has 2 bridgehead atoms. The number of carbonyl (C=O) groups excluding carboxylic acids is 5. The molecule has 2 aromatic carbocycles. The molecule has 9 nitrogen and oxygen atoms in total. The Hall–Kier alpha value is -4.27. The van der Waals surface area contributed by atoms with Gasteiger partial charge in [0.2, 0.25) is 11.8 Å². The number of fused-ring (bicyclic) bond motifs is 5. The van der Waals surface area contributed by atoms with Gasteiger partial charge in [-0.2, -0.15) is 0 Å². The van der Waals surface area contributed by atoms with Gasteiger partial charge < -0.3 is 14.8 Å². The molecule has 5 rings (SSSR count). The van der Waals surface area contributed by atoms with E-state index < -0.39 is 24.5 Å². The molecule has 0 radical (unpaired) electrons. The van der Waals surface area contributed by atoms with Crippen molar-refractivity contribution in [3.63, 3.8) is 0 Å². The quantitative estimate of drug-likeness (QED) is 0.350. The predicted octanol–water partition coefficient (Wildman–Crippen LogP) is 3.36. The van der Waals surface area contributed by atoms with E-state index in [1.54, 1.807) is 19.1 Å². The van der Waals surface area contributed by atoms with Crippen LogP contribution in [0.25, 0.3) is 0 Å². The second-order valence-electron chi connectivity index (χ2n) is 9.45. The molecule has 2 fully saturated rings. The van der Waals surface area contributed by atoms with E-state index in [-0.39, 0.29) is 47.7 Å². The van der Waals surface area contributed by atoms with Crippen LogP contribution in [0.3, 0.4) is 0 Å². The number of benzene rings is 2. The maximum Gasteiger partial charge on any atom is 0.338 e. The predicted molar refractivity (Wildman–Crippen MR) is 133 cm³/mol. The van der Waals surface area contributed by atoms with E-state index >= 15 is 0 Å². The van der Waals surface area contributed by atoms with Crippen LogP contribution < -0.4 is 10.2 Å². The molecule has 1 aliphatic heterocycles. The van der Waals surface area contributed by atoms with E-state index in [9.17, 15) is 24.0 Å². The smallest absolute Gasteiger partial charge is 0.338 e. The minimum Gasteiger partial charge on any atom is -0.462 e. The van der Waals surface area contributed by atoms with Gasteiger partial charge in [0.15, 0.2) is 6.61 Å². The average Bonchev–Trinajstić information content (AvgIpc) is 3.53. The molecule has 1 saturated carbocycles. The Morgan fingerprint density at radius 2 is 1.65 bits per heavy atom. The number of amides is 3. The van der Waals surface area contributed by atoms with Crippen molar-refractivity contribution in [2.75, 3.05) is 23.4 Å². The van der Waals surface area contributed by atoms with E-state index in [1.807, 2.05) is 6.92 Å². The lowest BCUT2D eigenvalue weighted by Gasteiger charge is -2.19. The zero-order valence-electron chi connectivity index (χ0n) is 20.4. The van der Waals surface area contributed by atoms with Gasteiger partial charge in [0, 0.05) is 5.69 Å². The molecule has 2 aliphatic carbocycles. The first-order valence-electron chi connectivity index (χ1n) is 12.2. The van der Waals surface area contributed by atoms with Crippen molar-refractivity contribution < 1.29 is 33.4 Å². The molecule has 4 atom stereocenters. The first-order chi connectivity index (χ1) is 17.8. The molecule has 1 saturated heterocycles. The van der Waals surface area contributed by atoms with E-state index in [0.717, 1.165) is 6.42 Å². The number of rotatable bonds is 7. The standard InChI is InChI=1S/C28H26N2O7/c1-3-36-27(34)16-7-9-19(10-8-16)29-22(31)14-37-28(35)17-5-4-6-20(12-17)30-25(32)23-18-11-15(2)21(13-18)24(23)26(30)33/h4-12,18,21,23-24H,3,13-14H2,1-2H3,(H,29,31)/t18-,21+,23-,24-/m0/s1. The highest BCUT2D eigenvalue weighted by atomic mass is 16.5. The number of anilines is 2. The van der Waals surface area contributed by atoms with Crippen molar-refractivity contribution >= 4 is 41.0 Å². The van der Waals surface area contributed by atoms with E-state index in [0.29, 0.717) is 16.9 Å². The van der Waals surface area contributed by atoms with Gasteiger partial charge in [0.25, 0.3) is 5.91 Å². The molecular formula is C28H26N2O7. The second-order valence-corrected chi connectivity index (χ2v) is 9.45. The summed E-state index contributed by atoms with van der Waals surface area (Å²) in [6.07, 6.45) is 2.95. The summed E-state index contributed by atoms with van der Waals surface area (Å²) in [6, 6.07) is 12.2. The Kier molecular flexibility index (Phi) is 6.37. The number of carbonyl (C=O) groups is 5. The van der Waals surface area contributed by atoms with Gasteiger partial charge in [-0.05, 0) is 74.6 Å². The second kappa shape index (κ2) is 9.65. The minimum absolute atomic E-state index is 0.0875. The zero-order chi connectivity index (χ0) is 26.3. The number of hydrogen-bond acceptors (Lipinski definition) is 7. The maximum absolute atomic E-state index is 13.2. The van der Waals surface area contributed by atoms with Gasteiger partial charge in [-0.3, -0.25) is 14.4 Å². The third-order valence-corrected chi connectivity index (χ3v) is 7.23. The molecule has 3 amide bonds. The number of nitrogens with one attached hydrogen (secondary N) is 1. The van der Waals surface area contributed by atoms with Crippen molar-refractivity contribution in [3.05, 3.63) is 71.3 Å². The van der Waals surface area contributed by atoms with Crippen LogP contribution in [0.4, 0.5) is 11.4 Å². The van der Waals surface area contributed by atoms with Crippen LogP contribution in [0.15, 0.2) is 60.2 Å². The van der Waals surface area contributed by atoms with E-state index in [2.05, 4.69) is 11.4 Å². The molecule has 0 aromatic heterocycles. The molecule has 9 heteroatoms. The molecule has 1 N–H and O–H groups in total. The van der Waals surface area contributed by atoms with Gasteiger partial charge in [0.05, 0.1) is 35.3 Å². The summed E-state index contributed by atoms with van der Waals surface area (Å²) >= 11 is 0. The van der Waals surface area contributed by atoms with Crippen molar-refractivity contribution in [1.82, 2.24) is 0 Å². The Morgan fingerprint density at radius 3 is 2.38 bits per heavy atom. The average molecular weight is 503 g/mol. The fourth-order valence-electron chi connectivity index (χ4n) is 5.62. The van der Waals surface area contributed by atoms with Gasteiger partial charge in [-0.25, -0.2) is 14.5 Å². The molecule has 0 unspecified atom stereocenters. The molecule has 37 heavy (non-hydrogen) atoms. The summed E-state index contributed by atoms with van der Waals surface area (Å²) in [7, 11) is 0.